The van der Waals surface area contributed by atoms with Crippen LogP contribution in [0.5, 0.6) is 0 Å². The predicted molar refractivity (Wildman–Crippen MR) is 122 cm³/mol. The van der Waals surface area contributed by atoms with Crippen molar-refractivity contribution < 1.29 is 0 Å². The summed E-state index contributed by atoms with van der Waals surface area (Å²) in [6.45, 7) is 10.0. The molecule has 0 saturated carbocycles. The van der Waals surface area contributed by atoms with Gasteiger partial charge in [0.2, 0.25) is 0 Å². The van der Waals surface area contributed by atoms with Crippen molar-refractivity contribution in [2.45, 2.75) is 39.7 Å². The number of likely N-dealkylation sites (tertiary alicyclic amines) is 1. The van der Waals surface area contributed by atoms with Gasteiger partial charge in [0.05, 0.1) is 6.54 Å². The Kier molecular flexibility index (Phi) is 7.68. The average molecular weight is 402 g/mol. The summed E-state index contributed by atoms with van der Waals surface area (Å²) >= 11 is 7.59. The van der Waals surface area contributed by atoms with Crippen LogP contribution in [0.3, 0.4) is 0 Å². The van der Waals surface area contributed by atoms with Crippen LogP contribution in [0.4, 0.5) is 5.69 Å². The fourth-order valence-electron chi connectivity index (χ4n) is 3.73. The van der Waals surface area contributed by atoms with Crippen molar-refractivity contribution in [1.29, 1.82) is 0 Å². The molecule has 0 bridgehead atoms. The van der Waals surface area contributed by atoms with Gasteiger partial charge in [-0.2, -0.15) is 0 Å². The molecule has 1 saturated heterocycles. The molecule has 2 heterocycles. The largest absolute Gasteiger partial charge is 0.344 e. The van der Waals surface area contributed by atoms with Gasteiger partial charge >= 0.3 is 0 Å². The first-order valence-corrected chi connectivity index (χ1v) is 11.3. The van der Waals surface area contributed by atoms with Crippen LogP contribution >= 0.6 is 23.6 Å². The normalized spacial score (nSPS) is 17.6. The maximum Gasteiger partial charge on any atom is 0.173 e. The number of rotatable bonds is 7. The Morgan fingerprint density at radius 3 is 2.89 bits per heavy atom. The van der Waals surface area contributed by atoms with E-state index in [1.807, 2.05) is 0 Å². The highest BCUT2D eigenvalue weighted by molar-refractivity contribution is 7.80. The predicted octanol–water partition coefficient (Wildman–Crippen LogP) is 5.38. The van der Waals surface area contributed by atoms with E-state index in [1.165, 1.54) is 36.4 Å². The van der Waals surface area contributed by atoms with Gasteiger partial charge in [0.1, 0.15) is 0 Å². The Balaban J connectivity index is 1.58. The summed E-state index contributed by atoms with van der Waals surface area (Å²) in [5.74, 6) is 0.838. The molecule has 1 atom stereocenters. The average Bonchev–Trinajstić information content (AvgIpc) is 3.16. The van der Waals surface area contributed by atoms with Gasteiger partial charge in [-0.25, -0.2) is 0 Å². The van der Waals surface area contributed by atoms with E-state index in [4.69, 9.17) is 12.2 Å². The molecule has 3 rings (SSSR count). The number of nitrogens with one attached hydrogen (secondary N) is 1. The number of aryl methyl sites for hydroxylation is 1. The van der Waals surface area contributed by atoms with E-state index < -0.39 is 0 Å². The molecule has 0 unspecified atom stereocenters. The van der Waals surface area contributed by atoms with E-state index in [0.29, 0.717) is 0 Å². The number of thiophene rings is 1. The van der Waals surface area contributed by atoms with Crippen LogP contribution in [0.2, 0.25) is 0 Å². The lowest BCUT2D eigenvalue weighted by Crippen LogP contribution is -2.39. The molecular formula is C22H31N3S2. The smallest absolute Gasteiger partial charge is 0.173 e. The van der Waals surface area contributed by atoms with Gasteiger partial charge in [0.15, 0.2) is 5.11 Å². The molecule has 0 aliphatic carbocycles. The lowest BCUT2D eigenvalue weighted by molar-refractivity contribution is 0.177. The molecule has 1 fully saturated rings. The molecular weight excluding hydrogens is 370 g/mol. The fraction of sp³-hybridized carbons (Fsp3) is 0.500. The van der Waals surface area contributed by atoms with E-state index in [0.717, 1.165) is 42.8 Å². The Bertz CT molecular complexity index is 714. The zero-order valence-electron chi connectivity index (χ0n) is 16.5. The van der Waals surface area contributed by atoms with Crippen LogP contribution in [-0.2, 0) is 6.54 Å². The van der Waals surface area contributed by atoms with Crippen molar-refractivity contribution in [2.24, 2.45) is 5.92 Å². The minimum Gasteiger partial charge on any atom is -0.344 e. The van der Waals surface area contributed by atoms with Crippen molar-refractivity contribution in [2.75, 3.05) is 31.5 Å². The molecule has 27 heavy (non-hydrogen) atoms. The number of para-hydroxylation sites is 1. The molecule has 2 aromatic rings. The summed E-state index contributed by atoms with van der Waals surface area (Å²) < 4.78 is 0. The molecule has 0 amide bonds. The van der Waals surface area contributed by atoms with Crippen LogP contribution in [0, 0.1) is 12.8 Å². The van der Waals surface area contributed by atoms with Gasteiger partial charge in [-0.3, -0.25) is 0 Å². The third kappa shape index (κ3) is 6.30. The molecule has 1 aromatic carbocycles. The first kappa shape index (κ1) is 20.3. The molecule has 0 radical (unpaired) electrons. The van der Waals surface area contributed by atoms with E-state index in [1.54, 1.807) is 11.3 Å². The van der Waals surface area contributed by atoms with Crippen molar-refractivity contribution in [3.63, 3.8) is 0 Å². The highest BCUT2D eigenvalue weighted by Crippen LogP contribution is 2.18. The monoisotopic (exact) mass is 401 g/mol. The number of anilines is 1. The number of nitrogens with zero attached hydrogens (tertiary/aromatic N) is 2. The molecule has 1 aliphatic rings. The Morgan fingerprint density at radius 1 is 1.30 bits per heavy atom. The van der Waals surface area contributed by atoms with Crippen LogP contribution in [0.1, 0.15) is 36.6 Å². The standard InChI is InChI=1S/C22H31N3S2/c1-18-8-5-12-24(16-18)13-7-14-25(17-20-10-6-15-27-20)22(26)23-21-11-4-3-9-19(21)2/h3-4,6,9-11,15,18H,5,7-8,12-14,16-17H2,1-2H3,(H,23,26)/t18-/m1/s1. The van der Waals surface area contributed by atoms with E-state index in [2.05, 4.69) is 70.7 Å². The van der Waals surface area contributed by atoms with E-state index in [-0.39, 0.29) is 0 Å². The van der Waals surface area contributed by atoms with Crippen molar-refractivity contribution in [1.82, 2.24) is 9.80 Å². The Labute approximate surface area is 173 Å². The minimum absolute atomic E-state index is 0.824. The van der Waals surface area contributed by atoms with Crippen molar-refractivity contribution >= 4 is 34.4 Å². The van der Waals surface area contributed by atoms with Gasteiger partial charge in [-0.1, -0.05) is 31.2 Å². The summed E-state index contributed by atoms with van der Waals surface area (Å²) in [5.41, 5.74) is 2.32. The molecule has 1 aromatic heterocycles. The summed E-state index contributed by atoms with van der Waals surface area (Å²) in [6.07, 6.45) is 3.87. The maximum absolute atomic E-state index is 5.78. The maximum atomic E-state index is 5.78. The molecule has 146 valence electrons. The summed E-state index contributed by atoms with van der Waals surface area (Å²) in [7, 11) is 0. The minimum atomic E-state index is 0.824. The molecule has 3 nitrogen and oxygen atoms in total. The lowest BCUT2D eigenvalue weighted by atomic mass is 10.0. The lowest BCUT2D eigenvalue weighted by Gasteiger charge is -2.32. The summed E-state index contributed by atoms with van der Waals surface area (Å²) in [6, 6.07) is 12.6. The molecule has 0 spiro atoms. The summed E-state index contributed by atoms with van der Waals surface area (Å²) in [5, 5.41) is 6.43. The molecule has 1 N–H and O–H groups in total. The Morgan fingerprint density at radius 2 is 2.15 bits per heavy atom. The number of hydrogen-bond donors (Lipinski definition) is 1. The van der Waals surface area contributed by atoms with Crippen molar-refractivity contribution in [3.05, 3.63) is 52.2 Å². The number of thiocarbonyl (C=S) groups is 1. The van der Waals surface area contributed by atoms with Gasteiger partial charge in [0, 0.05) is 23.7 Å². The van der Waals surface area contributed by atoms with Crippen LogP contribution < -0.4 is 5.32 Å². The quantitative estimate of drug-likeness (QED) is 0.628. The second kappa shape index (κ2) is 10.2. The number of benzene rings is 1. The highest BCUT2D eigenvalue weighted by atomic mass is 32.1. The zero-order chi connectivity index (χ0) is 19.1. The third-order valence-corrected chi connectivity index (χ3v) is 6.47. The van der Waals surface area contributed by atoms with Gasteiger partial charge in [0.25, 0.3) is 0 Å². The SMILES string of the molecule is Cc1ccccc1NC(=S)N(CCCN1CCC[C@@H](C)C1)Cc1cccs1. The second-order valence-corrected chi connectivity index (χ2v) is 9.07. The van der Waals surface area contributed by atoms with Gasteiger partial charge in [-0.05, 0) is 80.5 Å². The highest BCUT2D eigenvalue weighted by Gasteiger charge is 2.17. The van der Waals surface area contributed by atoms with Gasteiger partial charge in [-0.15, -0.1) is 11.3 Å². The van der Waals surface area contributed by atoms with Crippen LogP contribution in [-0.4, -0.2) is 41.1 Å². The fourth-order valence-corrected chi connectivity index (χ4v) is 4.71. The zero-order valence-corrected chi connectivity index (χ0v) is 18.1. The Hall–Kier alpha value is -1.43. The topological polar surface area (TPSA) is 18.5 Å². The van der Waals surface area contributed by atoms with Crippen LogP contribution in [0.25, 0.3) is 0 Å². The first-order valence-electron chi connectivity index (χ1n) is 9.98. The number of hydrogen-bond acceptors (Lipinski definition) is 3. The molecule has 5 heteroatoms. The molecule has 1 aliphatic heterocycles. The second-order valence-electron chi connectivity index (χ2n) is 7.65. The number of piperidine rings is 1. The first-order chi connectivity index (χ1) is 13.1. The van der Waals surface area contributed by atoms with Crippen LogP contribution in [0.15, 0.2) is 41.8 Å². The van der Waals surface area contributed by atoms with Gasteiger partial charge < -0.3 is 15.1 Å². The third-order valence-electron chi connectivity index (χ3n) is 5.24. The van der Waals surface area contributed by atoms with E-state index >= 15 is 0 Å². The summed E-state index contributed by atoms with van der Waals surface area (Å²) in [4.78, 5) is 6.30. The van der Waals surface area contributed by atoms with E-state index in [9.17, 15) is 0 Å². The van der Waals surface area contributed by atoms with Crippen molar-refractivity contribution in [3.8, 4) is 0 Å².